The van der Waals surface area contributed by atoms with Gasteiger partial charge in [0.15, 0.2) is 0 Å². The van der Waals surface area contributed by atoms with Crippen molar-refractivity contribution in [2.45, 2.75) is 24.6 Å². The summed E-state index contributed by atoms with van der Waals surface area (Å²) in [5.74, 6) is 0.355. The third-order valence-corrected chi connectivity index (χ3v) is 3.16. The van der Waals surface area contributed by atoms with E-state index in [4.69, 9.17) is 5.11 Å². The molecule has 0 aliphatic carbocycles. The van der Waals surface area contributed by atoms with Crippen molar-refractivity contribution in [2.24, 2.45) is 5.92 Å². The number of carbonyl (C=O) groups is 1. The van der Waals surface area contributed by atoms with Gasteiger partial charge in [0.05, 0.1) is 4.83 Å². The van der Waals surface area contributed by atoms with Crippen molar-refractivity contribution in [2.75, 3.05) is 19.7 Å². The Morgan fingerprint density at radius 3 is 3.08 bits per heavy atom. The second kappa shape index (κ2) is 4.96. The third-order valence-electron chi connectivity index (χ3n) is 2.31. The Labute approximate surface area is 87.2 Å². The summed E-state index contributed by atoms with van der Waals surface area (Å²) in [5, 5.41) is 8.87. The lowest BCUT2D eigenvalue weighted by Crippen LogP contribution is -2.44. The first-order valence-electron chi connectivity index (χ1n) is 4.69. The van der Waals surface area contributed by atoms with Gasteiger partial charge in [0.25, 0.3) is 0 Å². The van der Waals surface area contributed by atoms with Crippen molar-refractivity contribution in [3.63, 3.8) is 0 Å². The molecule has 76 valence electrons. The molecule has 1 aliphatic rings. The molecule has 0 aromatic heterocycles. The lowest BCUT2D eigenvalue weighted by molar-refractivity contribution is -0.133. The number of likely N-dealkylation sites (tertiary alicyclic amines) is 1. The van der Waals surface area contributed by atoms with Gasteiger partial charge in [-0.25, -0.2) is 0 Å². The molecule has 0 aromatic rings. The molecule has 1 rings (SSSR count). The summed E-state index contributed by atoms with van der Waals surface area (Å²) in [5.41, 5.74) is 0. The summed E-state index contributed by atoms with van der Waals surface area (Å²) in [4.78, 5) is 13.4. The van der Waals surface area contributed by atoms with Gasteiger partial charge in [-0.1, -0.05) is 22.9 Å². The average Bonchev–Trinajstić information content (AvgIpc) is 2.13. The van der Waals surface area contributed by atoms with Crippen LogP contribution in [-0.2, 0) is 4.79 Å². The van der Waals surface area contributed by atoms with E-state index >= 15 is 0 Å². The largest absolute Gasteiger partial charge is 0.396 e. The molecule has 1 fully saturated rings. The molecule has 2 unspecified atom stereocenters. The SMILES string of the molecule is CC(CO)CN1CCCC(Br)C1=O. The predicted molar refractivity (Wildman–Crippen MR) is 54.8 cm³/mol. The van der Waals surface area contributed by atoms with Crippen LogP contribution in [0.1, 0.15) is 19.8 Å². The third kappa shape index (κ3) is 2.95. The van der Waals surface area contributed by atoms with Gasteiger partial charge in [-0.05, 0) is 18.8 Å². The zero-order valence-corrected chi connectivity index (χ0v) is 9.46. The van der Waals surface area contributed by atoms with Crippen LogP contribution in [0.5, 0.6) is 0 Å². The highest BCUT2D eigenvalue weighted by molar-refractivity contribution is 9.10. The first-order valence-corrected chi connectivity index (χ1v) is 5.60. The molecule has 13 heavy (non-hydrogen) atoms. The Hall–Kier alpha value is -0.0900. The molecular formula is C9H16BrNO2. The Kier molecular flexibility index (Phi) is 4.19. The highest BCUT2D eigenvalue weighted by atomic mass is 79.9. The number of rotatable bonds is 3. The number of carbonyl (C=O) groups excluding carboxylic acids is 1. The van der Waals surface area contributed by atoms with E-state index in [9.17, 15) is 4.79 Å². The van der Waals surface area contributed by atoms with Gasteiger partial charge in [-0.15, -0.1) is 0 Å². The number of hydrogen-bond donors (Lipinski definition) is 1. The van der Waals surface area contributed by atoms with Crippen molar-refractivity contribution < 1.29 is 9.90 Å². The lowest BCUT2D eigenvalue weighted by Gasteiger charge is -2.31. The van der Waals surface area contributed by atoms with Crippen molar-refractivity contribution in [1.82, 2.24) is 4.90 Å². The Morgan fingerprint density at radius 2 is 2.46 bits per heavy atom. The van der Waals surface area contributed by atoms with Gasteiger partial charge in [-0.3, -0.25) is 4.79 Å². The van der Waals surface area contributed by atoms with E-state index in [0.717, 1.165) is 19.4 Å². The predicted octanol–water partition coefficient (Wildman–Crippen LogP) is 1.00. The van der Waals surface area contributed by atoms with Crippen LogP contribution < -0.4 is 0 Å². The fourth-order valence-electron chi connectivity index (χ4n) is 1.51. The molecule has 0 radical (unpaired) electrons. The van der Waals surface area contributed by atoms with E-state index in [2.05, 4.69) is 15.9 Å². The van der Waals surface area contributed by atoms with Crippen LogP contribution in [0.2, 0.25) is 0 Å². The average molecular weight is 250 g/mol. The minimum absolute atomic E-state index is 0.00728. The van der Waals surface area contributed by atoms with Gasteiger partial charge >= 0.3 is 0 Å². The topological polar surface area (TPSA) is 40.5 Å². The highest BCUT2D eigenvalue weighted by Gasteiger charge is 2.26. The number of halogens is 1. The second-order valence-electron chi connectivity index (χ2n) is 3.68. The van der Waals surface area contributed by atoms with Crippen LogP contribution in [-0.4, -0.2) is 40.4 Å². The molecule has 0 saturated carbocycles. The molecule has 0 spiro atoms. The minimum Gasteiger partial charge on any atom is -0.396 e. The maximum Gasteiger partial charge on any atom is 0.236 e. The van der Waals surface area contributed by atoms with E-state index < -0.39 is 0 Å². The zero-order valence-electron chi connectivity index (χ0n) is 7.87. The molecule has 1 aliphatic heterocycles. The van der Waals surface area contributed by atoms with Crippen LogP contribution in [0.4, 0.5) is 0 Å². The number of hydrogen-bond acceptors (Lipinski definition) is 2. The molecule has 1 heterocycles. The second-order valence-corrected chi connectivity index (χ2v) is 4.79. The Balaban J connectivity index is 2.44. The standard InChI is InChI=1S/C9H16BrNO2/c1-7(6-12)5-11-4-2-3-8(10)9(11)13/h7-8,12H,2-6H2,1H3. The number of piperidine rings is 1. The zero-order chi connectivity index (χ0) is 9.84. The van der Waals surface area contributed by atoms with Crippen LogP contribution in [0, 0.1) is 5.92 Å². The Morgan fingerprint density at radius 1 is 1.77 bits per heavy atom. The van der Waals surface area contributed by atoms with Gasteiger partial charge in [0.2, 0.25) is 5.91 Å². The van der Waals surface area contributed by atoms with Crippen molar-refractivity contribution in [3.8, 4) is 0 Å². The summed E-state index contributed by atoms with van der Waals surface area (Å²) >= 11 is 3.35. The molecule has 1 saturated heterocycles. The van der Waals surface area contributed by atoms with E-state index in [-0.39, 0.29) is 23.3 Å². The minimum atomic E-state index is -0.00728. The number of alkyl halides is 1. The van der Waals surface area contributed by atoms with Crippen LogP contribution in [0.15, 0.2) is 0 Å². The van der Waals surface area contributed by atoms with E-state index in [1.807, 2.05) is 11.8 Å². The van der Waals surface area contributed by atoms with E-state index in [1.54, 1.807) is 0 Å². The maximum atomic E-state index is 11.6. The molecular weight excluding hydrogens is 234 g/mol. The molecule has 0 bridgehead atoms. The number of amides is 1. The normalized spacial score (nSPS) is 26.2. The monoisotopic (exact) mass is 249 g/mol. The number of aliphatic hydroxyl groups is 1. The molecule has 3 nitrogen and oxygen atoms in total. The fraction of sp³-hybridized carbons (Fsp3) is 0.889. The molecule has 4 heteroatoms. The maximum absolute atomic E-state index is 11.6. The number of nitrogens with zero attached hydrogens (tertiary/aromatic N) is 1. The smallest absolute Gasteiger partial charge is 0.236 e. The van der Waals surface area contributed by atoms with Gasteiger partial charge < -0.3 is 10.0 Å². The van der Waals surface area contributed by atoms with Gasteiger partial charge in [0, 0.05) is 19.7 Å². The van der Waals surface area contributed by atoms with Crippen LogP contribution in [0.25, 0.3) is 0 Å². The lowest BCUT2D eigenvalue weighted by atomic mass is 10.1. The van der Waals surface area contributed by atoms with E-state index in [0.29, 0.717) is 6.54 Å². The van der Waals surface area contributed by atoms with Crippen LogP contribution in [0.3, 0.4) is 0 Å². The molecule has 1 amide bonds. The molecule has 0 aromatic carbocycles. The van der Waals surface area contributed by atoms with Crippen molar-refractivity contribution in [3.05, 3.63) is 0 Å². The first kappa shape index (κ1) is 11.0. The van der Waals surface area contributed by atoms with Gasteiger partial charge in [0.1, 0.15) is 0 Å². The highest BCUT2D eigenvalue weighted by Crippen LogP contribution is 2.19. The molecule has 2 atom stereocenters. The summed E-state index contributed by atoms with van der Waals surface area (Å²) in [6, 6.07) is 0. The fourth-order valence-corrected chi connectivity index (χ4v) is 2.12. The summed E-state index contributed by atoms with van der Waals surface area (Å²) in [6.45, 7) is 3.62. The summed E-state index contributed by atoms with van der Waals surface area (Å²) < 4.78 is 0. The quantitative estimate of drug-likeness (QED) is 0.759. The van der Waals surface area contributed by atoms with Crippen molar-refractivity contribution in [1.29, 1.82) is 0 Å². The van der Waals surface area contributed by atoms with E-state index in [1.165, 1.54) is 0 Å². The van der Waals surface area contributed by atoms with Crippen molar-refractivity contribution >= 4 is 21.8 Å². The summed E-state index contributed by atoms with van der Waals surface area (Å²) in [7, 11) is 0. The van der Waals surface area contributed by atoms with Gasteiger partial charge in [-0.2, -0.15) is 0 Å². The Bertz CT molecular complexity index is 186. The molecule has 1 N–H and O–H groups in total. The first-order chi connectivity index (χ1) is 6.15. The number of aliphatic hydroxyl groups excluding tert-OH is 1. The summed E-state index contributed by atoms with van der Waals surface area (Å²) in [6.07, 6.45) is 1.99. The van der Waals surface area contributed by atoms with Crippen LogP contribution >= 0.6 is 15.9 Å².